The summed E-state index contributed by atoms with van der Waals surface area (Å²) in [6, 6.07) is 14.3. The standard InChI is InChI=1S/C31H40O6/c1-6-7-8-11-23-14-15-26-27(20-23)31(35-19-17-29(33)37-22(4)5)25-13-10-9-12-24(25)30(26)34-18-16-28(32)36-21(2)3/h9-10,12-15,20-22H,6-8,11,16-19H2,1-5H3. The summed E-state index contributed by atoms with van der Waals surface area (Å²) in [5, 5.41) is 3.64. The molecule has 3 aromatic carbocycles. The highest BCUT2D eigenvalue weighted by atomic mass is 16.5. The third kappa shape index (κ3) is 8.11. The van der Waals surface area contributed by atoms with Gasteiger partial charge in [0.2, 0.25) is 0 Å². The Labute approximate surface area is 220 Å². The zero-order valence-electron chi connectivity index (χ0n) is 22.8. The summed E-state index contributed by atoms with van der Waals surface area (Å²) in [6.45, 7) is 9.96. The smallest absolute Gasteiger partial charge is 0.309 e. The predicted octanol–water partition coefficient (Wildman–Crippen LogP) is 7.17. The number of benzene rings is 3. The summed E-state index contributed by atoms with van der Waals surface area (Å²) in [5.74, 6) is 0.883. The molecule has 6 heteroatoms. The summed E-state index contributed by atoms with van der Waals surface area (Å²) in [6.07, 6.45) is 4.46. The van der Waals surface area contributed by atoms with Crippen LogP contribution in [0, 0.1) is 0 Å². The summed E-state index contributed by atoms with van der Waals surface area (Å²) in [7, 11) is 0. The fourth-order valence-corrected chi connectivity index (χ4v) is 4.31. The first-order chi connectivity index (χ1) is 17.8. The van der Waals surface area contributed by atoms with Gasteiger partial charge in [-0.25, -0.2) is 0 Å². The van der Waals surface area contributed by atoms with E-state index < -0.39 is 0 Å². The van der Waals surface area contributed by atoms with Crippen molar-refractivity contribution in [1.29, 1.82) is 0 Å². The molecule has 0 bridgehead atoms. The van der Waals surface area contributed by atoms with Crippen molar-refractivity contribution in [3.63, 3.8) is 0 Å². The van der Waals surface area contributed by atoms with Crippen LogP contribution in [0.5, 0.6) is 11.5 Å². The van der Waals surface area contributed by atoms with E-state index in [-0.39, 0.29) is 50.2 Å². The van der Waals surface area contributed by atoms with E-state index in [0.29, 0.717) is 0 Å². The molecule has 0 amide bonds. The molecule has 3 rings (SSSR count). The third-order valence-corrected chi connectivity index (χ3v) is 5.90. The first-order valence-corrected chi connectivity index (χ1v) is 13.4. The maximum atomic E-state index is 12.1. The van der Waals surface area contributed by atoms with Crippen molar-refractivity contribution in [2.75, 3.05) is 13.2 Å². The summed E-state index contributed by atoms with van der Waals surface area (Å²) in [4.78, 5) is 24.2. The molecule has 0 unspecified atom stereocenters. The van der Waals surface area contributed by atoms with Crippen LogP contribution < -0.4 is 9.47 Å². The molecule has 6 nitrogen and oxygen atoms in total. The van der Waals surface area contributed by atoms with E-state index in [0.717, 1.165) is 52.3 Å². The van der Waals surface area contributed by atoms with Crippen molar-refractivity contribution >= 4 is 33.5 Å². The highest BCUT2D eigenvalue weighted by molar-refractivity contribution is 6.11. The topological polar surface area (TPSA) is 71.1 Å². The molecule has 0 spiro atoms. The lowest BCUT2D eigenvalue weighted by Crippen LogP contribution is -2.15. The zero-order valence-corrected chi connectivity index (χ0v) is 22.8. The molecular formula is C31H40O6. The van der Waals surface area contributed by atoms with E-state index >= 15 is 0 Å². The van der Waals surface area contributed by atoms with Gasteiger partial charge in [0.05, 0.1) is 38.3 Å². The number of hydrogen-bond acceptors (Lipinski definition) is 6. The fourth-order valence-electron chi connectivity index (χ4n) is 4.31. The van der Waals surface area contributed by atoms with Crippen LogP contribution in [0.15, 0.2) is 42.5 Å². The molecule has 0 N–H and O–H groups in total. The fraction of sp³-hybridized carbons (Fsp3) is 0.484. The molecule has 0 atom stereocenters. The molecule has 3 aromatic rings. The minimum Gasteiger partial charge on any atom is -0.492 e. The summed E-state index contributed by atoms with van der Waals surface area (Å²) >= 11 is 0. The molecule has 0 aliphatic heterocycles. The van der Waals surface area contributed by atoms with E-state index in [4.69, 9.17) is 18.9 Å². The Morgan fingerprint density at radius 2 is 1.22 bits per heavy atom. The number of rotatable bonds is 14. The Hall–Kier alpha value is -3.28. The van der Waals surface area contributed by atoms with Gasteiger partial charge in [0.15, 0.2) is 0 Å². The second kappa shape index (κ2) is 13.9. The Balaban J connectivity index is 1.98. The zero-order chi connectivity index (χ0) is 26.8. The van der Waals surface area contributed by atoms with E-state index in [2.05, 4.69) is 25.1 Å². The number of aryl methyl sites for hydroxylation is 1. The lowest BCUT2D eigenvalue weighted by molar-refractivity contribution is -0.149. The Morgan fingerprint density at radius 3 is 1.73 bits per heavy atom. The number of hydrogen-bond donors (Lipinski definition) is 0. The van der Waals surface area contributed by atoms with Crippen LogP contribution in [0.4, 0.5) is 0 Å². The molecule has 0 aliphatic carbocycles. The summed E-state index contributed by atoms with van der Waals surface area (Å²) < 4.78 is 23.0. The second-order valence-corrected chi connectivity index (χ2v) is 9.82. The monoisotopic (exact) mass is 508 g/mol. The first-order valence-electron chi connectivity index (χ1n) is 13.4. The number of ether oxygens (including phenoxy) is 4. The molecule has 0 saturated heterocycles. The van der Waals surface area contributed by atoms with Crippen LogP contribution in [-0.4, -0.2) is 37.4 Å². The molecule has 0 fully saturated rings. The minimum absolute atomic E-state index is 0.158. The van der Waals surface area contributed by atoms with Crippen LogP contribution in [0.2, 0.25) is 0 Å². The van der Waals surface area contributed by atoms with Gasteiger partial charge in [0.1, 0.15) is 11.5 Å². The number of carbonyl (C=O) groups excluding carboxylic acids is 2. The van der Waals surface area contributed by atoms with E-state index in [1.54, 1.807) is 0 Å². The molecule has 0 heterocycles. The van der Waals surface area contributed by atoms with Crippen molar-refractivity contribution in [3.05, 3.63) is 48.0 Å². The maximum Gasteiger partial charge on any atom is 0.309 e. The lowest BCUT2D eigenvalue weighted by atomic mass is 9.97. The van der Waals surface area contributed by atoms with Gasteiger partial charge in [-0.3, -0.25) is 9.59 Å². The van der Waals surface area contributed by atoms with Gasteiger partial charge in [-0.05, 0) is 52.2 Å². The van der Waals surface area contributed by atoms with Gasteiger partial charge < -0.3 is 18.9 Å². The molecule has 0 aromatic heterocycles. The largest absolute Gasteiger partial charge is 0.492 e. The molecule has 200 valence electrons. The summed E-state index contributed by atoms with van der Waals surface area (Å²) in [5.41, 5.74) is 1.23. The average molecular weight is 509 g/mol. The Morgan fingerprint density at radius 1 is 0.703 bits per heavy atom. The lowest BCUT2D eigenvalue weighted by Gasteiger charge is -2.19. The Bertz CT molecular complexity index is 1200. The van der Waals surface area contributed by atoms with E-state index in [9.17, 15) is 9.59 Å². The molecular weight excluding hydrogens is 468 g/mol. The quantitative estimate of drug-likeness (QED) is 0.131. The normalized spacial score (nSPS) is 11.3. The van der Waals surface area contributed by atoms with Crippen molar-refractivity contribution in [3.8, 4) is 11.5 Å². The molecule has 37 heavy (non-hydrogen) atoms. The average Bonchev–Trinajstić information content (AvgIpc) is 2.84. The van der Waals surface area contributed by atoms with Gasteiger partial charge in [0, 0.05) is 21.5 Å². The minimum atomic E-state index is -0.282. The van der Waals surface area contributed by atoms with Crippen LogP contribution in [0.25, 0.3) is 21.5 Å². The SMILES string of the molecule is CCCCCc1ccc2c(OCCC(=O)OC(C)C)c3ccccc3c(OCCC(=O)OC(C)C)c2c1. The number of esters is 2. The number of fused-ring (bicyclic) bond motifs is 2. The molecule has 0 radical (unpaired) electrons. The van der Waals surface area contributed by atoms with Gasteiger partial charge in [0.25, 0.3) is 0 Å². The van der Waals surface area contributed by atoms with E-state index in [1.807, 2.05) is 52.0 Å². The van der Waals surface area contributed by atoms with Crippen molar-refractivity contribution < 1.29 is 28.5 Å². The predicted molar refractivity (Wildman–Crippen MR) is 147 cm³/mol. The van der Waals surface area contributed by atoms with Crippen LogP contribution in [-0.2, 0) is 25.5 Å². The molecule has 0 aliphatic rings. The molecule has 0 saturated carbocycles. The van der Waals surface area contributed by atoms with Gasteiger partial charge in [-0.2, -0.15) is 0 Å². The second-order valence-electron chi connectivity index (χ2n) is 9.82. The van der Waals surface area contributed by atoms with Crippen LogP contribution >= 0.6 is 0 Å². The van der Waals surface area contributed by atoms with Crippen molar-refractivity contribution in [2.45, 2.75) is 85.4 Å². The number of carbonyl (C=O) groups is 2. The van der Waals surface area contributed by atoms with Crippen LogP contribution in [0.1, 0.15) is 72.3 Å². The van der Waals surface area contributed by atoms with E-state index in [1.165, 1.54) is 12.0 Å². The van der Waals surface area contributed by atoms with Gasteiger partial charge in [-0.15, -0.1) is 0 Å². The highest BCUT2D eigenvalue weighted by Gasteiger charge is 2.18. The highest BCUT2D eigenvalue weighted by Crippen LogP contribution is 2.43. The first kappa shape index (κ1) is 28.3. The van der Waals surface area contributed by atoms with Crippen molar-refractivity contribution in [2.24, 2.45) is 0 Å². The van der Waals surface area contributed by atoms with Crippen molar-refractivity contribution in [1.82, 2.24) is 0 Å². The maximum absolute atomic E-state index is 12.1. The Kier molecular flexibility index (Phi) is 10.6. The third-order valence-electron chi connectivity index (χ3n) is 5.90. The number of unbranched alkanes of at least 4 members (excludes halogenated alkanes) is 2. The van der Waals surface area contributed by atoms with Gasteiger partial charge >= 0.3 is 11.9 Å². The van der Waals surface area contributed by atoms with Crippen LogP contribution in [0.3, 0.4) is 0 Å². The van der Waals surface area contributed by atoms with Gasteiger partial charge in [-0.1, -0.05) is 56.2 Å².